The van der Waals surface area contributed by atoms with Crippen molar-refractivity contribution in [1.82, 2.24) is 10.2 Å². The Morgan fingerprint density at radius 3 is 2.32 bits per heavy atom. The highest BCUT2D eigenvalue weighted by molar-refractivity contribution is 5.75. The summed E-state index contributed by atoms with van der Waals surface area (Å²) in [5.41, 5.74) is 1.12. The van der Waals surface area contributed by atoms with Gasteiger partial charge in [-0.25, -0.2) is 4.79 Å². The molecule has 1 rings (SSSR count). The average Bonchev–Trinajstić information content (AvgIpc) is 2.43. The van der Waals surface area contributed by atoms with Crippen molar-refractivity contribution >= 4 is 12.0 Å². The van der Waals surface area contributed by atoms with Gasteiger partial charge in [0.25, 0.3) is 0 Å². The third-order valence-electron chi connectivity index (χ3n) is 3.32. The first-order valence-electron chi connectivity index (χ1n) is 7.47. The molecule has 2 N–H and O–H groups in total. The molecular formula is C17H26N2O3. The summed E-state index contributed by atoms with van der Waals surface area (Å²) in [4.78, 5) is 24.3. The van der Waals surface area contributed by atoms with E-state index in [-0.39, 0.29) is 30.5 Å². The highest BCUT2D eigenvalue weighted by Gasteiger charge is 2.23. The van der Waals surface area contributed by atoms with E-state index < -0.39 is 5.97 Å². The summed E-state index contributed by atoms with van der Waals surface area (Å²) in [6, 6.07) is 9.48. The van der Waals surface area contributed by atoms with E-state index in [9.17, 15) is 9.59 Å². The van der Waals surface area contributed by atoms with Gasteiger partial charge in [0.2, 0.25) is 0 Å². The van der Waals surface area contributed by atoms with Gasteiger partial charge in [0.1, 0.15) is 0 Å². The molecule has 1 aromatic rings. The van der Waals surface area contributed by atoms with Crippen molar-refractivity contribution in [3.8, 4) is 0 Å². The number of hydrogen-bond donors (Lipinski definition) is 2. The molecule has 22 heavy (non-hydrogen) atoms. The monoisotopic (exact) mass is 306 g/mol. The fourth-order valence-electron chi connectivity index (χ4n) is 2.17. The van der Waals surface area contributed by atoms with Gasteiger partial charge in [0.05, 0.1) is 12.5 Å². The third-order valence-corrected chi connectivity index (χ3v) is 3.32. The van der Waals surface area contributed by atoms with Crippen LogP contribution in [0, 0.1) is 5.41 Å². The van der Waals surface area contributed by atoms with Crippen LogP contribution in [-0.4, -0.2) is 35.6 Å². The Hall–Kier alpha value is -2.04. The molecule has 0 saturated heterocycles. The Morgan fingerprint density at radius 2 is 1.82 bits per heavy atom. The molecule has 1 atom stereocenters. The molecule has 0 aromatic heterocycles. The molecule has 0 bridgehead atoms. The van der Waals surface area contributed by atoms with Crippen LogP contribution < -0.4 is 5.32 Å². The van der Waals surface area contributed by atoms with Gasteiger partial charge in [-0.2, -0.15) is 0 Å². The number of rotatable bonds is 6. The van der Waals surface area contributed by atoms with Gasteiger partial charge in [0, 0.05) is 13.6 Å². The maximum atomic E-state index is 12.2. The summed E-state index contributed by atoms with van der Waals surface area (Å²) in [6.45, 7) is 6.58. The number of carboxylic acid groups (broad SMARTS) is 1. The van der Waals surface area contributed by atoms with Crippen LogP contribution in [0.3, 0.4) is 0 Å². The molecule has 0 heterocycles. The lowest BCUT2D eigenvalue weighted by atomic mass is 9.85. The lowest BCUT2D eigenvalue weighted by Crippen LogP contribution is -2.41. The number of aliphatic carboxylic acids is 1. The highest BCUT2D eigenvalue weighted by Crippen LogP contribution is 2.29. The van der Waals surface area contributed by atoms with E-state index in [1.165, 1.54) is 4.90 Å². The maximum Gasteiger partial charge on any atom is 0.317 e. The number of carbonyl (C=O) groups is 2. The van der Waals surface area contributed by atoms with E-state index in [2.05, 4.69) is 26.1 Å². The summed E-state index contributed by atoms with van der Waals surface area (Å²) in [5, 5.41) is 11.7. The van der Waals surface area contributed by atoms with Crippen LogP contribution in [0.1, 0.15) is 45.2 Å². The smallest absolute Gasteiger partial charge is 0.317 e. The van der Waals surface area contributed by atoms with Crippen LogP contribution in [0.2, 0.25) is 0 Å². The standard InChI is InChI=1S/C17H26N2O3/c1-17(2,3)12-14(13-8-6-5-7-9-13)18-16(22)19(4)11-10-15(20)21/h5-9,14H,10-12H2,1-4H3,(H,18,22)(H,20,21). The average molecular weight is 306 g/mol. The lowest BCUT2D eigenvalue weighted by Gasteiger charge is -2.29. The van der Waals surface area contributed by atoms with Gasteiger partial charge >= 0.3 is 12.0 Å². The van der Waals surface area contributed by atoms with Gasteiger partial charge < -0.3 is 15.3 Å². The van der Waals surface area contributed by atoms with Crippen LogP contribution in [-0.2, 0) is 4.79 Å². The summed E-state index contributed by atoms with van der Waals surface area (Å²) < 4.78 is 0. The molecular weight excluding hydrogens is 280 g/mol. The molecule has 0 radical (unpaired) electrons. The van der Waals surface area contributed by atoms with Crippen molar-refractivity contribution in [3.63, 3.8) is 0 Å². The Morgan fingerprint density at radius 1 is 1.23 bits per heavy atom. The minimum Gasteiger partial charge on any atom is -0.481 e. The van der Waals surface area contributed by atoms with Crippen LogP contribution in [0.25, 0.3) is 0 Å². The van der Waals surface area contributed by atoms with Gasteiger partial charge in [-0.3, -0.25) is 4.79 Å². The normalized spacial score (nSPS) is 12.5. The van der Waals surface area contributed by atoms with Crippen molar-refractivity contribution in [2.45, 2.75) is 39.7 Å². The molecule has 0 saturated carbocycles. The molecule has 0 aliphatic rings. The van der Waals surface area contributed by atoms with Gasteiger partial charge in [0.15, 0.2) is 0 Å². The minimum atomic E-state index is -0.908. The molecule has 0 spiro atoms. The van der Waals surface area contributed by atoms with Crippen molar-refractivity contribution in [1.29, 1.82) is 0 Å². The number of carboxylic acids is 1. The van der Waals surface area contributed by atoms with E-state index in [0.29, 0.717) is 0 Å². The first-order chi connectivity index (χ1) is 10.2. The second-order valence-electron chi connectivity index (χ2n) is 6.74. The number of benzene rings is 1. The van der Waals surface area contributed by atoms with E-state index in [1.54, 1.807) is 7.05 Å². The summed E-state index contributed by atoms with van der Waals surface area (Å²) in [6.07, 6.45) is 0.745. The quantitative estimate of drug-likeness (QED) is 0.847. The van der Waals surface area contributed by atoms with E-state index in [1.807, 2.05) is 30.3 Å². The lowest BCUT2D eigenvalue weighted by molar-refractivity contribution is -0.137. The molecule has 122 valence electrons. The predicted molar refractivity (Wildman–Crippen MR) is 86.7 cm³/mol. The van der Waals surface area contributed by atoms with Crippen LogP contribution in [0.4, 0.5) is 4.79 Å². The number of amides is 2. The zero-order valence-electron chi connectivity index (χ0n) is 13.8. The van der Waals surface area contributed by atoms with Crippen molar-refractivity contribution < 1.29 is 14.7 Å². The van der Waals surface area contributed by atoms with E-state index in [0.717, 1.165) is 12.0 Å². The minimum absolute atomic E-state index is 0.0564. The van der Waals surface area contributed by atoms with E-state index in [4.69, 9.17) is 5.11 Å². The molecule has 1 aromatic carbocycles. The highest BCUT2D eigenvalue weighted by atomic mass is 16.4. The second kappa shape index (κ2) is 7.82. The van der Waals surface area contributed by atoms with Gasteiger partial charge in [-0.15, -0.1) is 0 Å². The number of hydrogen-bond acceptors (Lipinski definition) is 2. The van der Waals surface area contributed by atoms with Crippen LogP contribution in [0.15, 0.2) is 30.3 Å². The fourth-order valence-corrected chi connectivity index (χ4v) is 2.17. The summed E-state index contributed by atoms with van der Waals surface area (Å²) in [7, 11) is 1.61. The zero-order valence-corrected chi connectivity index (χ0v) is 13.8. The number of nitrogens with one attached hydrogen (secondary N) is 1. The molecule has 5 nitrogen and oxygen atoms in total. The van der Waals surface area contributed by atoms with Gasteiger partial charge in [-0.05, 0) is 17.4 Å². The third kappa shape index (κ3) is 6.61. The molecule has 2 amide bonds. The van der Waals surface area contributed by atoms with E-state index >= 15 is 0 Å². The molecule has 0 aliphatic carbocycles. The van der Waals surface area contributed by atoms with Crippen molar-refractivity contribution in [2.75, 3.05) is 13.6 Å². The van der Waals surface area contributed by atoms with Crippen LogP contribution in [0.5, 0.6) is 0 Å². The second-order valence-corrected chi connectivity index (χ2v) is 6.74. The number of nitrogens with zero attached hydrogens (tertiary/aromatic N) is 1. The topological polar surface area (TPSA) is 69.6 Å². The SMILES string of the molecule is CN(CCC(=O)O)C(=O)NC(CC(C)(C)C)c1ccccc1. The Balaban J connectivity index is 2.76. The largest absolute Gasteiger partial charge is 0.481 e. The Bertz CT molecular complexity index is 494. The van der Waals surface area contributed by atoms with Gasteiger partial charge in [-0.1, -0.05) is 51.1 Å². The fraction of sp³-hybridized carbons (Fsp3) is 0.529. The molecule has 5 heteroatoms. The Kier molecular flexibility index (Phi) is 6.40. The zero-order chi connectivity index (χ0) is 16.8. The molecule has 0 aliphatic heterocycles. The first-order valence-corrected chi connectivity index (χ1v) is 7.47. The number of carbonyl (C=O) groups excluding carboxylic acids is 1. The Labute approximate surface area is 132 Å². The van der Waals surface area contributed by atoms with Crippen LogP contribution >= 0.6 is 0 Å². The first kappa shape index (κ1) is 18.0. The summed E-state index contributed by atoms with van der Waals surface area (Å²) >= 11 is 0. The molecule has 0 fully saturated rings. The van der Waals surface area contributed by atoms with Crippen molar-refractivity contribution in [2.24, 2.45) is 5.41 Å². The molecule has 1 unspecified atom stereocenters. The predicted octanol–water partition coefficient (Wildman–Crippen LogP) is 3.28. The maximum absolute atomic E-state index is 12.2. The van der Waals surface area contributed by atoms with Crippen molar-refractivity contribution in [3.05, 3.63) is 35.9 Å². The summed E-state index contributed by atoms with van der Waals surface area (Å²) in [5.74, 6) is -0.908. The number of urea groups is 1.